The van der Waals surface area contributed by atoms with Crippen molar-refractivity contribution >= 4 is 7.82 Å². The summed E-state index contributed by atoms with van der Waals surface area (Å²) >= 11 is 0. The van der Waals surface area contributed by atoms with Crippen LogP contribution in [0.25, 0.3) is 0 Å². The molecule has 7 heteroatoms. The minimum atomic E-state index is -4.64. The summed E-state index contributed by atoms with van der Waals surface area (Å²) < 4.78 is 13.4. The van der Waals surface area contributed by atoms with Gasteiger partial charge in [0.1, 0.15) is 0 Å². The molecule has 0 unspecified atom stereocenters. The molecule has 1 heterocycles. The fraction of sp³-hybridized carbons (Fsp3) is 1.00. The second-order valence-electron chi connectivity index (χ2n) is 1.13. The maximum Gasteiger partial charge on any atom is 1.00 e. The van der Waals surface area contributed by atoms with E-state index < -0.39 is 7.82 Å². The van der Waals surface area contributed by atoms with Gasteiger partial charge in [0, 0.05) is 0 Å². The van der Waals surface area contributed by atoms with E-state index in [9.17, 15) is 0 Å². The van der Waals surface area contributed by atoms with E-state index >= 15 is 0 Å². The van der Waals surface area contributed by atoms with E-state index in [0.29, 0.717) is 0 Å². The molecule has 9 heavy (non-hydrogen) atoms. The molecule has 3 N–H and O–H groups in total. The number of rotatable bonds is 0. The zero-order valence-electron chi connectivity index (χ0n) is 6.02. The van der Waals surface area contributed by atoms with Gasteiger partial charge >= 0.3 is 59.2 Å². The van der Waals surface area contributed by atoms with Gasteiger partial charge in [0.25, 0.3) is 0 Å². The third-order valence-electron chi connectivity index (χ3n) is 0.204. The second kappa shape index (κ2) is 6.42. The average molecular weight is 182 g/mol. The zero-order valence-corrected chi connectivity index (χ0v) is 9.04. The zero-order chi connectivity index (χ0) is 6.62. The molecular weight excluding hydrogens is 174 g/mol. The molecule has 5 nitrogen and oxygen atoms in total. The first kappa shape index (κ1) is 13.3. The Hall–Kier alpha value is 1.71. The van der Waals surface area contributed by atoms with Crippen molar-refractivity contribution in [1.82, 2.24) is 0 Å². The first-order valence-electron chi connectivity index (χ1n) is 1.86. The first-order chi connectivity index (χ1) is 3.50. The van der Waals surface area contributed by atoms with E-state index in [4.69, 9.17) is 19.2 Å². The van der Waals surface area contributed by atoms with Crippen molar-refractivity contribution in [3.05, 3.63) is 0 Å². The molecule has 0 aromatic carbocycles. The van der Waals surface area contributed by atoms with Gasteiger partial charge in [0.15, 0.2) is 0 Å². The normalized spacial score (nSPS) is 14.6. The topological polar surface area (TPSA) is 90.3 Å². The van der Waals surface area contributed by atoms with E-state index in [2.05, 4.69) is 4.74 Å². The summed E-state index contributed by atoms with van der Waals surface area (Å²) in [5.41, 5.74) is 0. The van der Waals surface area contributed by atoms with Gasteiger partial charge in [-0.1, -0.05) is 0 Å². The van der Waals surface area contributed by atoms with Crippen LogP contribution >= 0.6 is 7.82 Å². The van der Waals surface area contributed by atoms with E-state index in [1.165, 1.54) is 0 Å². The van der Waals surface area contributed by atoms with Crippen LogP contribution in [0.15, 0.2) is 0 Å². The van der Waals surface area contributed by atoms with Crippen molar-refractivity contribution in [2.75, 3.05) is 13.2 Å². The Kier molecular flexibility index (Phi) is 9.49. The third-order valence-corrected chi connectivity index (χ3v) is 0.204. The molecule has 0 aromatic rings. The molecule has 0 aromatic heterocycles. The number of hydrogen-bond acceptors (Lipinski definition) is 2. The molecular formula is C2H8KO5P. The second-order valence-corrected chi connectivity index (χ2v) is 2.15. The van der Waals surface area contributed by atoms with Crippen LogP contribution < -0.4 is 51.4 Å². The van der Waals surface area contributed by atoms with E-state index in [1.807, 2.05) is 0 Å². The maximum atomic E-state index is 8.88. The molecule has 1 aliphatic rings. The standard InChI is InChI=1S/C2H4O.K.H3O4P.H/c1-2-3-1;;1-5(2,3)4;/h1-2H2;;(H3,1,2,3,4);/q;+1;;-1. The molecule has 0 radical (unpaired) electrons. The van der Waals surface area contributed by atoms with Crippen molar-refractivity contribution in [3.63, 3.8) is 0 Å². The van der Waals surface area contributed by atoms with Crippen LogP contribution in [0.3, 0.4) is 0 Å². The summed E-state index contributed by atoms with van der Waals surface area (Å²) in [6, 6.07) is 0. The van der Waals surface area contributed by atoms with Gasteiger partial charge in [-0.2, -0.15) is 0 Å². The van der Waals surface area contributed by atoms with Crippen LogP contribution in [0.2, 0.25) is 0 Å². The molecule has 1 rings (SSSR count). The monoisotopic (exact) mass is 182 g/mol. The quantitative estimate of drug-likeness (QED) is 0.203. The van der Waals surface area contributed by atoms with Gasteiger partial charge in [-0.05, 0) is 0 Å². The SMILES string of the molecule is C1CO1.O=P(O)(O)O.[H-].[K+]. The van der Waals surface area contributed by atoms with Gasteiger partial charge in [0.05, 0.1) is 13.2 Å². The van der Waals surface area contributed by atoms with Crippen molar-refractivity contribution < 1.29 is 76.8 Å². The van der Waals surface area contributed by atoms with Crippen LogP contribution in [0.1, 0.15) is 1.43 Å². The fourth-order valence-electron chi connectivity index (χ4n) is 0. The third kappa shape index (κ3) is 78.7. The number of epoxide rings is 1. The van der Waals surface area contributed by atoms with Gasteiger partial charge < -0.3 is 20.8 Å². The Morgan fingerprint density at radius 1 is 1.33 bits per heavy atom. The van der Waals surface area contributed by atoms with E-state index in [-0.39, 0.29) is 52.8 Å². The van der Waals surface area contributed by atoms with Crippen molar-refractivity contribution in [2.24, 2.45) is 0 Å². The molecule has 1 aliphatic heterocycles. The van der Waals surface area contributed by atoms with Crippen LogP contribution in [0.4, 0.5) is 0 Å². The van der Waals surface area contributed by atoms with E-state index in [0.717, 1.165) is 13.2 Å². The average Bonchev–Trinajstić information content (AvgIpc) is 1.95. The minimum absolute atomic E-state index is 0. The van der Waals surface area contributed by atoms with Crippen LogP contribution in [-0.2, 0) is 9.30 Å². The molecule has 1 fully saturated rings. The first-order valence-corrected chi connectivity index (χ1v) is 3.43. The Morgan fingerprint density at radius 2 is 1.44 bits per heavy atom. The molecule has 0 bridgehead atoms. The Labute approximate surface area is 96.6 Å². The number of hydrogen-bond donors (Lipinski definition) is 3. The smallest absolute Gasteiger partial charge is 1.00 e. The van der Waals surface area contributed by atoms with Gasteiger partial charge in [-0.15, -0.1) is 0 Å². The summed E-state index contributed by atoms with van der Waals surface area (Å²) in [5.74, 6) is 0. The van der Waals surface area contributed by atoms with Crippen LogP contribution in [-0.4, -0.2) is 27.9 Å². The van der Waals surface area contributed by atoms with Crippen molar-refractivity contribution in [2.45, 2.75) is 0 Å². The largest absolute Gasteiger partial charge is 1.00 e. The number of ether oxygens (including phenoxy) is 1. The molecule has 0 amide bonds. The summed E-state index contributed by atoms with van der Waals surface area (Å²) in [4.78, 5) is 21.6. The Bertz CT molecular complexity index is 90.8. The summed E-state index contributed by atoms with van der Waals surface area (Å²) in [6.45, 7) is 2.00. The van der Waals surface area contributed by atoms with E-state index in [1.54, 1.807) is 0 Å². The summed E-state index contributed by atoms with van der Waals surface area (Å²) in [7, 11) is -4.64. The summed E-state index contributed by atoms with van der Waals surface area (Å²) in [5, 5.41) is 0. The van der Waals surface area contributed by atoms with Gasteiger partial charge in [-0.3, -0.25) is 0 Å². The number of phosphoric acid groups is 1. The molecule has 1 saturated heterocycles. The molecule has 52 valence electrons. The van der Waals surface area contributed by atoms with Crippen molar-refractivity contribution in [1.29, 1.82) is 0 Å². The molecule has 0 spiro atoms. The van der Waals surface area contributed by atoms with Crippen molar-refractivity contribution in [3.8, 4) is 0 Å². The summed E-state index contributed by atoms with van der Waals surface area (Å²) in [6.07, 6.45) is 0. The van der Waals surface area contributed by atoms with Crippen LogP contribution in [0.5, 0.6) is 0 Å². The minimum Gasteiger partial charge on any atom is -1.00 e. The molecule has 0 atom stereocenters. The maximum absolute atomic E-state index is 8.88. The molecule has 0 saturated carbocycles. The van der Waals surface area contributed by atoms with Crippen LogP contribution in [0, 0.1) is 0 Å². The Balaban J connectivity index is -0.0000000860. The molecule has 0 aliphatic carbocycles. The Morgan fingerprint density at radius 3 is 1.44 bits per heavy atom. The fourth-order valence-corrected chi connectivity index (χ4v) is 0. The predicted molar refractivity (Wildman–Crippen MR) is 26.2 cm³/mol. The van der Waals surface area contributed by atoms with Gasteiger partial charge in [0.2, 0.25) is 0 Å². The van der Waals surface area contributed by atoms with Gasteiger partial charge in [-0.25, -0.2) is 4.57 Å². The predicted octanol–water partition coefficient (Wildman–Crippen LogP) is -3.80.